The molecule has 0 aromatic carbocycles. The normalized spacial score (nSPS) is 18.7. The third-order valence-electron chi connectivity index (χ3n) is 3.98. The molecule has 1 fully saturated rings. The van der Waals surface area contributed by atoms with Gasteiger partial charge in [-0.1, -0.05) is 40.5 Å². The lowest BCUT2D eigenvalue weighted by Gasteiger charge is -2.35. The number of carboxylic acids is 1. The second-order valence-electron chi connectivity index (χ2n) is 6.81. The van der Waals surface area contributed by atoms with Crippen molar-refractivity contribution in [3.8, 4) is 0 Å². The van der Waals surface area contributed by atoms with Crippen molar-refractivity contribution in [2.45, 2.75) is 59.4 Å². The topological polar surface area (TPSA) is 69.6 Å². The zero-order valence-corrected chi connectivity index (χ0v) is 13.1. The van der Waals surface area contributed by atoms with E-state index in [0.29, 0.717) is 5.92 Å². The minimum absolute atomic E-state index is 0.248. The fraction of sp³-hybridized carbons (Fsp3) is 0.867. The molecule has 1 rings (SSSR count). The summed E-state index contributed by atoms with van der Waals surface area (Å²) in [5, 5.41) is 11.9. The molecule has 0 unspecified atom stereocenters. The van der Waals surface area contributed by atoms with Crippen LogP contribution in [0.5, 0.6) is 0 Å². The lowest BCUT2D eigenvalue weighted by Crippen LogP contribution is -2.54. The Hall–Kier alpha value is -1.26. The van der Waals surface area contributed by atoms with Crippen LogP contribution in [0.4, 0.5) is 4.79 Å². The highest BCUT2D eigenvalue weighted by atomic mass is 16.4. The Morgan fingerprint density at radius 1 is 1.30 bits per heavy atom. The summed E-state index contributed by atoms with van der Waals surface area (Å²) in [4.78, 5) is 25.2. The van der Waals surface area contributed by atoms with Crippen LogP contribution in [0.2, 0.25) is 0 Å². The minimum atomic E-state index is -0.980. The summed E-state index contributed by atoms with van der Waals surface area (Å²) in [6, 6.07) is -1.11. The molecule has 1 aliphatic heterocycles. The van der Waals surface area contributed by atoms with Gasteiger partial charge in [0.2, 0.25) is 0 Å². The Bertz CT molecular complexity index is 342. The summed E-state index contributed by atoms with van der Waals surface area (Å²) >= 11 is 0. The van der Waals surface area contributed by atoms with Crippen molar-refractivity contribution in [2.75, 3.05) is 13.1 Å². The Morgan fingerprint density at radius 3 is 2.25 bits per heavy atom. The molecule has 0 bridgehead atoms. The number of likely N-dealkylation sites (tertiary alicyclic amines) is 1. The average molecular weight is 284 g/mol. The largest absolute Gasteiger partial charge is 0.480 e. The van der Waals surface area contributed by atoms with Gasteiger partial charge >= 0.3 is 12.0 Å². The van der Waals surface area contributed by atoms with E-state index >= 15 is 0 Å². The zero-order valence-electron chi connectivity index (χ0n) is 13.1. The highest BCUT2D eigenvalue weighted by molar-refractivity contribution is 5.83. The van der Waals surface area contributed by atoms with Crippen LogP contribution in [0, 0.1) is 11.3 Å². The number of hydrogen-bond acceptors (Lipinski definition) is 2. The number of urea groups is 1. The van der Waals surface area contributed by atoms with Crippen LogP contribution >= 0.6 is 0 Å². The maximum atomic E-state index is 12.2. The van der Waals surface area contributed by atoms with Crippen molar-refractivity contribution in [3.63, 3.8) is 0 Å². The fourth-order valence-corrected chi connectivity index (χ4v) is 2.70. The van der Waals surface area contributed by atoms with Gasteiger partial charge in [0.25, 0.3) is 0 Å². The minimum Gasteiger partial charge on any atom is -0.480 e. The second kappa shape index (κ2) is 6.95. The van der Waals surface area contributed by atoms with Crippen molar-refractivity contribution < 1.29 is 14.7 Å². The van der Waals surface area contributed by atoms with Gasteiger partial charge in [-0.25, -0.2) is 9.59 Å². The van der Waals surface area contributed by atoms with Gasteiger partial charge in [-0.3, -0.25) is 0 Å². The van der Waals surface area contributed by atoms with E-state index in [1.807, 2.05) is 20.8 Å². The van der Waals surface area contributed by atoms with Crippen LogP contribution in [0.1, 0.15) is 53.4 Å². The first kappa shape index (κ1) is 16.8. The van der Waals surface area contributed by atoms with Crippen molar-refractivity contribution in [1.82, 2.24) is 10.2 Å². The average Bonchev–Trinajstić information content (AvgIpc) is 2.35. The molecule has 1 saturated heterocycles. The highest BCUT2D eigenvalue weighted by Gasteiger charge is 2.34. The molecule has 20 heavy (non-hydrogen) atoms. The summed E-state index contributed by atoms with van der Waals surface area (Å²) < 4.78 is 0. The number of nitrogens with zero attached hydrogens (tertiary/aromatic N) is 1. The van der Waals surface area contributed by atoms with Crippen LogP contribution in [0.25, 0.3) is 0 Å². The highest BCUT2D eigenvalue weighted by Crippen LogP contribution is 2.23. The molecule has 0 aromatic rings. The number of nitrogens with one attached hydrogen (secondary N) is 1. The van der Waals surface area contributed by atoms with E-state index in [4.69, 9.17) is 0 Å². The Balaban J connectivity index is 2.53. The molecule has 5 heteroatoms. The zero-order chi connectivity index (χ0) is 15.3. The molecule has 116 valence electrons. The standard InChI is InChI=1S/C15H28N2O3/c1-5-6-11-7-9-17(10-8-11)14(20)16-12(13(18)19)15(2,3)4/h11-12H,5-10H2,1-4H3,(H,16,20)(H,18,19)/t12-/m0/s1. The summed E-state index contributed by atoms with van der Waals surface area (Å²) in [6.07, 6.45) is 4.44. The van der Waals surface area contributed by atoms with E-state index in [1.165, 1.54) is 12.8 Å². The molecule has 2 amide bonds. The first-order valence-corrected chi connectivity index (χ1v) is 7.54. The van der Waals surface area contributed by atoms with E-state index < -0.39 is 17.4 Å². The van der Waals surface area contributed by atoms with Gasteiger partial charge in [0, 0.05) is 13.1 Å². The molecule has 1 heterocycles. The number of carbonyl (C=O) groups is 2. The number of carboxylic acid groups (broad SMARTS) is 1. The number of piperidine rings is 1. The Morgan fingerprint density at radius 2 is 1.85 bits per heavy atom. The Kier molecular flexibility index (Phi) is 5.84. The predicted molar refractivity (Wildman–Crippen MR) is 78.6 cm³/mol. The molecule has 0 radical (unpaired) electrons. The maximum absolute atomic E-state index is 12.2. The smallest absolute Gasteiger partial charge is 0.326 e. The molecular formula is C15H28N2O3. The molecule has 0 aromatic heterocycles. The third kappa shape index (κ3) is 4.69. The second-order valence-corrected chi connectivity index (χ2v) is 6.81. The number of aliphatic carboxylic acids is 1. The molecule has 0 spiro atoms. The summed E-state index contributed by atoms with van der Waals surface area (Å²) in [7, 11) is 0. The quantitative estimate of drug-likeness (QED) is 0.834. The first-order valence-electron chi connectivity index (χ1n) is 7.54. The van der Waals surface area contributed by atoms with Crippen LogP contribution in [0.15, 0.2) is 0 Å². The number of carbonyl (C=O) groups excluding carboxylic acids is 1. The molecular weight excluding hydrogens is 256 g/mol. The molecule has 0 saturated carbocycles. The van der Waals surface area contributed by atoms with E-state index in [2.05, 4.69) is 12.2 Å². The van der Waals surface area contributed by atoms with E-state index in [-0.39, 0.29) is 6.03 Å². The molecule has 1 aliphatic rings. The SMILES string of the molecule is CCCC1CCN(C(=O)N[C@@H](C(=O)O)C(C)(C)C)CC1. The van der Waals surface area contributed by atoms with Gasteiger partial charge < -0.3 is 15.3 Å². The van der Waals surface area contributed by atoms with Gasteiger partial charge in [-0.05, 0) is 24.2 Å². The van der Waals surface area contributed by atoms with Gasteiger partial charge in [0.15, 0.2) is 0 Å². The fourth-order valence-electron chi connectivity index (χ4n) is 2.70. The van der Waals surface area contributed by atoms with Crippen molar-refractivity contribution in [3.05, 3.63) is 0 Å². The molecule has 1 atom stereocenters. The van der Waals surface area contributed by atoms with Gasteiger partial charge in [0.1, 0.15) is 6.04 Å². The van der Waals surface area contributed by atoms with E-state index in [0.717, 1.165) is 25.9 Å². The van der Waals surface area contributed by atoms with Crippen LogP contribution < -0.4 is 5.32 Å². The molecule has 2 N–H and O–H groups in total. The van der Waals surface area contributed by atoms with Crippen molar-refractivity contribution in [2.24, 2.45) is 11.3 Å². The van der Waals surface area contributed by atoms with Crippen molar-refractivity contribution >= 4 is 12.0 Å². The van der Waals surface area contributed by atoms with Crippen LogP contribution in [-0.2, 0) is 4.79 Å². The molecule has 5 nitrogen and oxygen atoms in total. The van der Waals surface area contributed by atoms with E-state index in [1.54, 1.807) is 4.90 Å². The summed E-state index contributed by atoms with van der Waals surface area (Å²) in [5.74, 6) is -0.270. The first-order chi connectivity index (χ1) is 9.25. The lowest BCUT2D eigenvalue weighted by atomic mass is 9.87. The summed E-state index contributed by atoms with van der Waals surface area (Å²) in [5.41, 5.74) is -0.498. The summed E-state index contributed by atoms with van der Waals surface area (Å²) in [6.45, 7) is 9.10. The van der Waals surface area contributed by atoms with Gasteiger partial charge in [-0.2, -0.15) is 0 Å². The maximum Gasteiger partial charge on any atom is 0.326 e. The number of hydrogen-bond donors (Lipinski definition) is 2. The number of amides is 2. The lowest BCUT2D eigenvalue weighted by molar-refractivity contribution is -0.142. The Labute approximate surface area is 121 Å². The predicted octanol–water partition coefficient (Wildman–Crippen LogP) is 2.71. The van der Waals surface area contributed by atoms with E-state index in [9.17, 15) is 14.7 Å². The monoisotopic (exact) mass is 284 g/mol. The van der Waals surface area contributed by atoms with Gasteiger partial charge in [-0.15, -0.1) is 0 Å². The molecule has 0 aliphatic carbocycles. The number of rotatable bonds is 4. The van der Waals surface area contributed by atoms with Gasteiger partial charge in [0.05, 0.1) is 0 Å². The third-order valence-corrected chi connectivity index (χ3v) is 3.98. The van der Waals surface area contributed by atoms with Crippen LogP contribution in [0.3, 0.4) is 0 Å². The van der Waals surface area contributed by atoms with Crippen molar-refractivity contribution in [1.29, 1.82) is 0 Å². The van der Waals surface area contributed by atoms with Crippen LogP contribution in [-0.4, -0.2) is 41.1 Å².